The van der Waals surface area contributed by atoms with Gasteiger partial charge in [-0.1, -0.05) is 13.8 Å². The summed E-state index contributed by atoms with van der Waals surface area (Å²) in [6.45, 7) is 10.2. The summed E-state index contributed by atoms with van der Waals surface area (Å²) in [7, 11) is 0. The molecule has 1 fully saturated rings. The zero-order chi connectivity index (χ0) is 12.8. The summed E-state index contributed by atoms with van der Waals surface area (Å²) in [5.74, 6) is 2.27. The Balaban J connectivity index is 1.61. The van der Waals surface area contributed by atoms with Crippen molar-refractivity contribution in [2.45, 2.75) is 31.6 Å². The lowest BCUT2D eigenvalue weighted by atomic mass is 10.1. The van der Waals surface area contributed by atoms with E-state index in [1.54, 1.807) is 6.26 Å². The van der Waals surface area contributed by atoms with Crippen LogP contribution >= 0.6 is 11.8 Å². The van der Waals surface area contributed by atoms with Crippen molar-refractivity contribution in [2.75, 3.05) is 31.9 Å². The fourth-order valence-electron chi connectivity index (χ4n) is 2.15. The summed E-state index contributed by atoms with van der Waals surface area (Å²) in [5, 5.41) is 3.43. The summed E-state index contributed by atoms with van der Waals surface area (Å²) in [6, 6.07) is 3.95. The van der Waals surface area contributed by atoms with Crippen LogP contribution in [0.2, 0.25) is 0 Å². The number of hydrogen-bond acceptors (Lipinski definition) is 4. The van der Waals surface area contributed by atoms with Crippen LogP contribution in [0.3, 0.4) is 0 Å². The number of hydrogen-bond donors (Lipinski definition) is 1. The first-order valence-corrected chi connectivity index (χ1v) is 7.74. The summed E-state index contributed by atoms with van der Waals surface area (Å²) in [4.78, 5) is 2.57. The van der Waals surface area contributed by atoms with E-state index >= 15 is 0 Å². The average Bonchev–Trinajstić information content (AvgIpc) is 2.77. The molecule has 0 amide bonds. The molecular weight excluding hydrogens is 244 g/mol. The van der Waals surface area contributed by atoms with Gasteiger partial charge in [0.2, 0.25) is 0 Å². The van der Waals surface area contributed by atoms with Gasteiger partial charge in [-0.2, -0.15) is 11.8 Å². The smallest absolute Gasteiger partial charge is 0.117 e. The van der Waals surface area contributed by atoms with Crippen LogP contribution in [0.15, 0.2) is 22.8 Å². The Kier molecular flexibility index (Phi) is 5.15. The highest BCUT2D eigenvalue weighted by molar-refractivity contribution is 8.00. The molecular formula is C14H24N2OS. The van der Waals surface area contributed by atoms with E-state index in [1.165, 1.54) is 25.3 Å². The molecule has 2 rings (SSSR count). The Bertz CT molecular complexity index is 338. The van der Waals surface area contributed by atoms with Crippen LogP contribution in [0.4, 0.5) is 0 Å². The van der Waals surface area contributed by atoms with Crippen LogP contribution in [-0.2, 0) is 6.54 Å². The normalized spacial score (nSPS) is 20.8. The second kappa shape index (κ2) is 6.64. The molecule has 1 aliphatic rings. The van der Waals surface area contributed by atoms with Crippen molar-refractivity contribution in [2.24, 2.45) is 0 Å². The zero-order valence-corrected chi connectivity index (χ0v) is 12.3. The number of nitrogens with zero attached hydrogens (tertiary/aromatic N) is 1. The molecule has 1 aromatic rings. The lowest BCUT2D eigenvalue weighted by Crippen LogP contribution is -2.34. The predicted octanol–water partition coefficient (Wildman–Crippen LogP) is 2.59. The van der Waals surface area contributed by atoms with Crippen molar-refractivity contribution in [3.63, 3.8) is 0 Å². The second-order valence-corrected chi connectivity index (χ2v) is 7.26. The van der Waals surface area contributed by atoms with Crippen molar-refractivity contribution >= 4 is 11.8 Å². The van der Waals surface area contributed by atoms with Crippen LogP contribution in [0.25, 0.3) is 0 Å². The van der Waals surface area contributed by atoms with Crippen LogP contribution in [-0.4, -0.2) is 41.6 Å². The minimum absolute atomic E-state index is 0.455. The quantitative estimate of drug-likeness (QED) is 0.831. The van der Waals surface area contributed by atoms with Gasteiger partial charge in [-0.3, -0.25) is 0 Å². The molecule has 102 valence electrons. The van der Waals surface area contributed by atoms with E-state index in [0.717, 1.165) is 25.4 Å². The van der Waals surface area contributed by atoms with E-state index < -0.39 is 0 Å². The van der Waals surface area contributed by atoms with Crippen molar-refractivity contribution in [1.29, 1.82) is 0 Å². The summed E-state index contributed by atoms with van der Waals surface area (Å²) < 4.78 is 5.75. The van der Waals surface area contributed by atoms with Gasteiger partial charge in [0.15, 0.2) is 0 Å². The second-order valence-electron chi connectivity index (χ2n) is 5.46. The standard InChI is InChI=1S/C14H24N2OS/c1-14(2)5-7-16(9-11-18-14)8-6-15-12-13-4-3-10-17-13/h3-4,10,15H,5-9,11-12H2,1-2H3. The van der Waals surface area contributed by atoms with Crippen LogP contribution < -0.4 is 5.32 Å². The largest absolute Gasteiger partial charge is 0.468 e. The first kappa shape index (κ1) is 14.0. The van der Waals surface area contributed by atoms with E-state index in [-0.39, 0.29) is 0 Å². The SMILES string of the molecule is CC1(C)CCN(CCNCc2ccco2)CCS1. The molecule has 0 aromatic carbocycles. The first-order valence-electron chi connectivity index (χ1n) is 6.75. The fourth-order valence-corrected chi connectivity index (χ4v) is 3.29. The highest BCUT2D eigenvalue weighted by Crippen LogP contribution is 2.30. The van der Waals surface area contributed by atoms with Crippen molar-refractivity contribution in [1.82, 2.24) is 10.2 Å². The Morgan fingerprint density at radius 2 is 2.33 bits per heavy atom. The van der Waals surface area contributed by atoms with E-state index in [1.807, 2.05) is 12.1 Å². The zero-order valence-electron chi connectivity index (χ0n) is 11.4. The van der Waals surface area contributed by atoms with Crippen molar-refractivity contribution < 1.29 is 4.42 Å². The van der Waals surface area contributed by atoms with Gasteiger partial charge >= 0.3 is 0 Å². The molecule has 0 atom stereocenters. The molecule has 0 unspecified atom stereocenters. The Labute approximate surface area is 114 Å². The number of rotatable bonds is 5. The summed E-state index contributed by atoms with van der Waals surface area (Å²) in [5.41, 5.74) is 0. The number of thioether (sulfide) groups is 1. The molecule has 1 aromatic heterocycles. The molecule has 18 heavy (non-hydrogen) atoms. The summed E-state index contributed by atoms with van der Waals surface area (Å²) >= 11 is 2.11. The van der Waals surface area contributed by atoms with Crippen LogP contribution in [0, 0.1) is 0 Å². The third kappa shape index (κ3) is 4.67. The third-order valence-corrected chi connectivity index (χ3v) is 4.79. The molecule has 2 heterocycles. The maximum Gasteiger partial charge on any atom is 0.117 e. The molecule has 3 nitrogen and oxygen atoms in total. The molecule has 0 saturated carbocycles. The third-order valence-electron chi connectivity index (χ3n) is 3.41. The van der Waals surface area contributed by atoms with Crippen molar-refractivity contribution in [3.8, 4) is 0 Å². The molecule has 1 aliphatic heterocycles. The van der Waals surface area contributed by atoms with Crippen LogP contribution in [0.1, 0.15) is 26.0 Å². The van der Waals surface area contributed by atoms with Gasteiger partial charge in [-0.15, -0.1) is 0 Å². The average molecular weight is 268 g/mol. The Morgan fingerprint density at radius 3 is 3.11 bits per heavy atom. The van der Waals surface area contributed by atoms with E-state index in [9.17, 15) is 0 Å². The van der Waals surface area contributed by atoms with Gasteiger partial charge in [0.1, 0.15) is 5.76 Å². The molecule has 0 radical (unpaired) electrons. The molecule has 0 spiro atoms. The number of nitrogens with one attached hydrogen (secondary N) is 1. The maximum atomic E-state index is 5.29. The fraction of sp³-hybridized carbons (Fsp3) is 0.714. The van der Waals surface area contributed by atoms with Crippen molar-refractivity contribution in [3.05, 3.63) is 24.2 Å². The highest BCUT2D eigenvalue weighted by atomic mass is 32.2. The molecule has 4 heteroatoms. The molecule has 1 saturated heterocycles. The van der Waals surface area contributed by atoms with E-state index in [2.05, 4.69) is 35.8 Å². The Morgan fingerprint density at radius 1 is 1.44 bits per heavy atom. The lowest BCUT2D eigenvalue weighted by molar-refractivity contribution is 0.282. The predicted molar refractivity (Wildman–Crippen MR) is 78.0 cm³/mol. The monoisotopic (exact) mass is 268 g/mol. The van der Waals surface area contributed by atoms with E-state index in [4.69, 9.17) is 4.42 Å². The molecule has 1 N–H and O–H groups in total. The van der Waals surface area contributed by atoms with Gasteiger partial charge in [0, 0.05) is 30.1 Å². The first-order chi connectivity index (χ1) is 8.66. The lowest BCUT2D eigenvalue weighted by Gasteiger charge is -2.22. The summed E-state index contributed by atoms with van der Waals surface area (Å²) in [6.07, 6.45) is 3.01. The highest BCUT2D eigenvalue weighted by Gasteiger charge is 2.23. The van der Waals surface area contributed by atoms with E-state index in [0.29, 0.717) is 4.75 Å². The van der Waals surface area contributed by atoms with Gasteiger partial charge in [-0.05, 0) is 25.1 Å². The van der Waals surface area contributed by atoms with Gasteiger partial charge in [0.25, 0.3) is 0 Å². The van der Waals surface area contributed by atoms with Gasteiger partial charge in [-0.25, -0.2) is 0 Å². The Hall–Kier alpha value is -0.450. The topological polar surface area (TPSA) is 28.4 Å². The molecule has 0 bridgehead atoms. The maximum absolute atomic E-state index is 5.29. The minimum atomic E-state index is 0.455. The molecule has 0 aliphatic carbocycles. The number of furan rings is 1. The van der Waals surface area contributed by atoms with Gasteiger partial charge < -0.3 is 14.6 Å². The van der Waals surface area contributed by atoms with Crippen LogP contribution in [0.5, 0.6) is 0 Å². The minimum Gasteiger partial charge on any atom is -0.468 e. The van der Waals surface area contributed by atoms with Gasteiger partial charge in [0.05, 0.1) is 12.8 Å².